The van der Waals surface area contributed by atoms with Crippen LogP contribution >= 0.6 is 11.6 Å². The number of hydrogen-bond donors (Lipinski definition) is 2. The molecule has 0 amide bonds. The van der Waals surface area contributed by atoms with Gasteiger partial charge in [-0.3, -0.25) is 0 Å². The maximum atomic E-state index is 5.96. The molecule has 0 aliphatic carbocycles. The Labute approximate surface area is 113 Å². The van der Waals surface area contributed by atoms with Gasteiger partial charge in [0.05, 0.1) is 0 Å². The Morgan fingerprint density at radius 1 is 1.39 bits per heavy atom. The fraction of sp³-hybridized carbons (Fsp3) is 0.429. The van der Waals surface area contributed by atoms with Crippen molar-refractivity contribution in [1.82, 2.24) is 15.2 Å². The zero-order valence-electron chi connectivity index (χ0n) is 11.0. The number of likely N-dealkylation sites (N-methyl/N-ethyl adjacent to an activating group) is 1. The second-order valence-electron chi connectivity index (χ2n) is 4.58. The summed E-state index contributed by atoms with van der Waals surface area (Å²) in [7, 11) is 2.13. The van der Waals surface area contributed by atoms with Gasteiger partial charge in [-0.15, -0.1) is 0 Å². The second-order valence-corrected chi connectivity index (χ2v) is 5.01. The standard InChI is InChI=1S/C14H20ClN3/c1-3-18(2)7-6-16-9-11-10-17-14-8-12(15)4-5-13(11)14/h4-5,8,10,16-17H,3,6-7,9H2,1-2H3. The lowest BCUT2D eigenvalue weighted by molar-refractivity contribution is 0.349. The van der Waals surface area contributed by atoms with Crippen LogP contribution in [0.1, 0.15) is 12.5 Å². The molecule has 0 spiro atoms. The summed E-state index contributed by atoms with van der Waals surface area (Å²) in [6.45, 7) is 6.23. The number of halogens is 1. The van der Waals surface area contributed by atoms with Crippen molar-refractivity contribution in [2.75, 3.05) is 26.7 Å². The number of benzene rings is 1. The minimum absolute atomic E-state index is 0.772. The molecule has 98 valence electrons. The molecule has 0 aliphatic heterocycles. The molecule has 18 heavy (non-hydrogen) atoms. The molecule has 0 saturated heterocycles. The first-order chi connectivity index (χ1) is 8.70. The van der Waals surface area contributed by atoms with Crippen molar-refractivity contribution in [2.45, 2.75) is 13.5 Å². The zero-order chi connectivity index (χ0) is 13.0. The van der Waals surface area contributed by atoms with Crippen molar-refractivity contribution >= 4 is 22.5 Å². The first-order valence-corrected chi connectivity index (χ1v) is 6.73. The van der Waals surface area contributed by atoms with Crippen molar-refractivity contribution in [3.8, 4) is 0 Å². The van der Waals surface area contributed by atoms with E-state index in [1.807, 2.05) is 12.1 Å². The number of nitrogens with one attached hydrogen (secondary N) is 2. The van der Waals surface area contributed by atoms with Gasteiger partial charge in [-0.25, -0.2) is 0 Å². The molecule has 4 heteroatoms. The van der Waals surface area contributed by atoms with Gasteiger partial charge in [-0.2, -0.15) is 0 Å². The Kier molecular flexibility index (Phi) is 4.64. The molecule has 0 atom stereocenters. The average Bonchev–Trinajstić information content (AvgIpc) is 2.76. The molecule has 2 rings (SSSR count). The number of aromatic amines is 1. The van der Waals surface area contributed by atoms with Crippen molar-refractivity contribution in [2.24, 2.45) is 0 Å². The molecule has 0 saturated carbocycles. The van der Waals surface area contributed by atoms with Gasteiger partial charge >= 0.3 is 0 Å². The summed E-state index contributed by atoms with van der Waals surface area (Å²) in [5, 5.41) is 5.48. The van der Waals surface area contributed by atoms with Crippen LogP contribution in [0.5, 0.6) is 0 Å². The lowest BCUT2D eigenvalue weighted by Crippen LogP contribution is -2.28. The molecule has 3 nitrogen and oxygen atoms in total. The number of fused-ring (bicyclic) bond motifs is 1. The third-order valence-electron chi connectivity index (χ3n) is 3.26. The Hall–Kier alpha value is -1.03. The van der Waals surface area contributed by atoms with E-state index in [0.717, 1.165) is 36.7 Å². The highest BCUT2D eigenvalue weighted by Gasteiger charge is 2.03. The van der Waals surface area contributed by atoms with Crippen LogP contribution in [-0.4, -0.2) is 36.6 Å². The van der Waals surface area contributed by atoms with Crippen LogP contribution in [0, 0.1) is 0 Å². The predicted octanol–water partition coefficient (Wildman–Crippen LogP) is 2.86. The summed E-state index contributed by atoms with van der Waals surface area (Å²) >= 11 is 5.96. The topological polar surface area (TPSA) is 31.1 Å². The number of H-pyrrole nitrogens is 1. The van der Waals surface area contributed by atoms with Gasteiger partial charge in [0.2, 0.25) is 0 Å². The van der Waals surface area contributed by atoms with Crippen LogP contribution < -0.4 is 5.32 Å². The van der Waals surface area contributed by atoms with Gasteiger partial charge in [-0.1, -0.05) is 24.6 Å². The highest BCUT2D eigenvalue weighted by molar-refractivity contribution is 6.31. The number of aromatic nitrogens is 1. The molecule has 1 aromatic carbocycles. The first kappa shape index (κ1) is 13.4. The van der Waals surface area contributed by atoms with E-state index in [-0.39, 0.29) is 0 Å². The maximum absolute atomic E-state index is 5.96. The molecule has 0 bridgehead atoms. The quantitative estimate of drug-likeness (QED) is 0.787. The Morgan fingerprint density at radius 2 is 2.22 bits per heavy atom. The summed E-state index contributed by atoms with van der Waals surface area (Å²) < 4.78 is 0. The van der Waals surface area contributed by atoms with E-state index in [1.54, 1.807) is 0 Å². The number of hydrogen-bond acceptors (Lipinski definition) is 2. The average molecular weight is 266 g/mol. The SMILES string of the molecule is CCN(C)CCNCc1c[nH]c2cc(Cl)ccc12. The summed E-state index contributed by atoms with van der Waals surface area (Å²) in [4.78, 5) is 5.55. The van der Waals surface area contributed by atoms with Crippen LogP contribution in [0.3, 0.4) is 0 Å². The van der Waals surface area contributed by atoms with Crippen molar-refractivity contribution in [1.29, 1.82) is 0 Å². The smallest absolute Gasteiger partial charge is 0.0472 e. The Balaban J connectivity index is 1.92. The van der Waals surface area contributed by atoms with Crippen LogP contribution in [0.15, 0.2) is 24.4 Å². The van der Waals surface area contributed by atoms with E-state index < -0.39 is 0 Å². The lowest BCUT2D eigenvalue weighted by atomic mass is 10.2. The second kappa shape index (κ2) is 6.23. The minimum Gasteiger partial charge on any atom is -0.361 e. The van der Waals surface area contributed by atoms with E-state index >= 15 is 0 Å². The Morgan fingerprint density at radius 3 is 3.00 bits per heavy atom. The van der Waals surface area contributed by atoms with E-state index in [9.17, 15) is 0 Å². The minimum atomic E-state index is 0.772. The van der Waals surface area contributed by atoms with Gasteiger partial charge in [0.25, 0.3) is 0 Å². The molecule has 0 unspecified atom stereocenters. The normalized spacial score (nSPS) is 11.6. The van der Waals surface area contributed by atoms with Crippen LogP contribution in [0.4, 0.5) is 0 Å². The molecule has 1 heterocycles. The summed E-state index contributed by atoms with van der Waals surface area (Å²) in [6, 6.07) is 5.97. The van der Waals surface area contributed by atoms with E-state index in [0.29, 0.717) is 0 Å². The summed E-state index contributed by atoms with van der Waals surface area (Å²) in [6.07, 6.45) is 2.05. The monoisotopic (exact) mass is 265 g/mol. The molecule has 0 aliphatic rings. The van der Waals surface area contributed by atoms with Gasteiger partial charge in [0, 0.05) is 41.8 Å². The number of nitrogens with zero attached hydrogens (tertiary/aromatic N) is 1. The molecule has 0 fully saturated rings. The van der Waals surface area contributed by atoms with E-state index in [2.05, 4.69) is 41.4 Å². The fourth-order valence-corrected chi connectivity index (χ4v) is 2.13. The number of rotatable bonds is 6. The van der Waals surface area contributed by atoms with E-state index in [1.165, 1.54) is 10.9 Å². The van der Waals surface area contributed by atoms with Crippen LogP contribution in [-0.2, 0) is 6.54 Å². The summed E-state index contributed by atoms with van der Waals surface area (Å²) in [5.74, 6) is 0. The van der Waals surface area contributed by atoms with Crippen molar-refractivity contribution < 1.29 is 0 Å². The fourth-order valence-electron chi connectivity index (χ4n) is 1.96. The third-order valence-corrected chi connectivity index (χ3v) is 3.49. The first-order valence-electron chi connectivity index (χ1n) is 6.35. The largest absolute Gasteiger partial charge is 0.361 e. The molecular formula is C14H20ClN3. The molecule has 2 aromatic rings. The molecule has 2 N–H and O–H groups in total. The van der Waals surface area contributed by atoms with Gasteiger partial charge in [0.1, 0.15) is 0 Å². The van der Waals surface area contributed by atoms with E-state index in [4.69, 9.17) is 11.6 Å². The highest BCUT2D eigenvalue weighted by atomic mass is 35.5. The Bertz CT molecular complexity index is 507. The van der Waals surface area contributed by atoms with Crippen molar-refractivity contribution in [3.63, 3.8) is 0 Å². The molecule has 1 aromatic heterocycles. The van der Waals surface area contributed by atoms with Crippen LogP contribution in [0.2, 0.25) is 5.02 Å². The predicted molar refractivity (Wildman–Crippen MR) is 78.2 cm³/mol. The summed E-state index contributed by atoms with van der Waals surface area (Å²) in [5.41, 5.74) is 2.39. The highest BCUT2D eigenvalue weighted by Crippen LogP contribution is 2.21. The third kappa shape index (κ3) is 3.25. The lowest BCUT2D eigenvalue weighted by Gasteiger charge is -2.13. The zero-order valence-corrected chi connectivity index (χ0v) is 11.7. The maximum Gasteiger partial charge on any atom is 0.0472 e. The molecule has 0 radical (unpaired) electrons. The van der Waals surface area contributed by atoms with Crippen molar-refractivity contribution in [3.05, 3.63) is 35.0 Å². The van der Waals surface area contributed by atoms with Crippen LogP contribution in [0.25, 0.3) is 10.9 Å². The van der Waals surface area contributed by atoms with Gasteiger partial charge in [-0.05, 0) is 31.3 Å². The van der Waals surface area contributed by atoms with Gasteiger partial charge in [0.15, 0.2) is 0 Å². The van der Waals surface area contributed by atoms with Gasteiger partial charge < -0.3 is 15.2 Å². The molecular weight excluding hydrogens is 246 g/mol.